The second-order valence-corrected chi connectivity index (χ2v) is 9.24. The largest absolute Gasteiger partial charge is 0.369 e. The summed E-state index contributed by atoms with van der Waals surface area (Å²) >= 11 is 12.3. The van der Waals surface area contributed by atoms with Gasteiger partial charge in [-0.15, -0.1) is 12.4 Å². The summed E-state index contributed by atoms with van der Waals surface area (Å²) in [7, 11) is 0. The molecule has 0 aliphatic carbocycles. The Bertz CT molecular complexity index is 753. The number of nitrogens with zero attached hydrogens (tertiary/aromatic N) is 4. The summed E-state index contributed by atoms with van der Waals surface area (Å²) in [6.07, 6.45) is 0. The number of halogens is 3. The minimum atomic E-state index is 0. The van der Waals surface area contributed by atoms with Crippen LogP contribution in [0.3, 0.4) is 0 Å². The van der Waals surface area contributed by atoms with Crippen molar-refractivity contribution in [2.24, 2.45) is 0 Å². The number of hydrogen-bond donors (Lipinski definition) is 1. The average molecular weight is 499 g/mol. The predicted molar refractivity (Wildman–Crippen MR) is 140 cm³/mol. The Balaban J connectivity index is 0.00000289. The van der Waals surface area contributed by atoms with Gasteiger partial charge in [0.2, 0.25) is 0 Å². The molecule has 8 heteroatoms. The minimum absolute atomic E-state index is 0. The van der Waals surface area contributed by atoms with Gasteiger partial charge in [0.05, 0.1) is 0 Å². The fourth-order valence-corrected chi connectivity index (χ4v) is 4.77. The molecule has 0 radical (unpaired) electrons. The Morgan fingerprint density at radius 3 is 1.41 bits per heavy atom. The standard InChI is InChI=1S/C24H33Cl2N5.ClH/c25-21-3-1-5-23(19-21)30-15-11-28(12-16-30)9-7-27-8-10-29-13-17-31(18-14-29)24-6-2-4-22(26)20-24;/h1-6,19-20,27H,7-18H2;1H. The number of nitrogens with one attached hydrogen (secondary N) is 1. The van der Waals surface area contributed by atoms with Crippen LogP contribution in [-0.4, -0.2) is 88.3 Å². The Kier molecular flexibility index (Phi) is 10.2. The van der Waals surface area contributed by atoms with Crippen molar-refractivity contribution in [1.82, 2.24) is 15.1 Å². The molecule has 4 rings (SSSR count). The molecule has 0 amide bonds. The van der Waals surface area contributed by atoms with Gasteiger partial charge in [0.15, 0.2) is 0 Å². The predicted octanol–water partition coefficient (Wildman–Crippen LogP) is 3.95. The van der Waals surface area contributed by atoms with E-state index in [0.29, 0.717) is 0 Å². The molecule has 2 heterocycles. The SMILES string of the molecule is Cl.Clc1cccc(N2CCN(CCNCCN3CCN(c4cccc(Cl)c4)CC3)CC2)c1. The lowest BCUT2D eigenvalue weighted by molar-refractivity contribution is 0.242. The van der Waals surface area contributed by atoms with E-state index in [9.17, 15) is 0 Å². The van der Waals surface area contributed by atoms with E-state index in [1.165, 1.54) is 11.4 Å². The van der Waals surface area contributed by atoms with Crippen LogP contribution >= 0.6 is 35.6 Å². The Hall–Kier alpha value is -1.21. The first-order chi connectivity index (χ1) is 15.2. The summed E-state index contributed by atoms with van der Waals surface area (Å²) in [6, 6.07) is 16.4. The lowest BCUT2D eigenvalue weighted by atomic mass is 10.2. The highest BCUT2D eigenvalue weighted by Gasteiger charge is 2.18. The number of rotatable bonds is 8. The van der Waals surface area contributed by atoms with Crippen molar-refractivity contribution in [2.45, 2.75) is 0 Å². The molecule has 0 spiro atoms. The molecule has 2 aromatic carbocycles. The van der Waals surface area contributed by atoms with Crippen LogP contribution in [0.5, 0.6) is 0 Å². The molecule has 2 saturated heterocycles. The van der Waals surface area contributed by atoms with Crippen molar-refractivity contribution in [3.8, 4) is 0 Å². The maximum absolute atomic E-state index is 6.13. The van der Waals surface area contributed by atoms with Gasteiger partial charge in [-0.1, -0.05) is 35.3 Å². The number of hydrogen-bond acceptors (Lipinski definition) is 5. The lowest BCUT2D eigenvalue weighted by Crippen LogP contribution is -2.49. The van der Waals surface area contributed by atoms with Gasteiger partial charge in [0.1, 0.15) is 0 Å². The van der Waals surface area contributed by atoms with E-state index in [1.54, 1.807) is 0 Å². The third-order valence-corrected chi connectivity index (χ3v) is 6.77. The van der Waals surface area contributed by atoms with Gasteiger partial charge in [0, 0.05) is 100.0 Å². The van der Waals surface area contributed by atoms with Crippen molar-refractivity contribution in [3.05, 3.63) is 58.6 Å². The normalized spacial score (nSPS) is 17.9. The molecule has 2 aliphatic rings. The molecular weight excluding hydrogens is 465 g/mol. The minimum Gasteiger partial charge on any atom is -0.369 e. The number of anilines is 2. The first-order valence-electron chi connectivity index (χ1n) is 11.3. The van der Waals surface area contributed by atoms with E-state index in [-0.39, 0.29) is 12.4 Å². The van der Waals surface area contributed by atoms with Crippen LogP contribution in [0.1, 0.15) is 0 Å². The summed E-state index contributed by atoms with van der Waals surface area (Å²) in [5.74, 6) is 0. The smallest absolute Gasteiger partial charge is 0.0426 e. The van der Waals surface area contributed by atoms with Gasteiger partial charge in [-0.3, -0.25) is 9.80 Å². The van der Waals surface area contributed by atoms with Crippen LogP contribution in [0, 0.1) is 0 Å². The number of piperazine rings is 2. The summed E-state index contributed by atoms with van der Waals surface area (Å²) in [6.45, 7) is 13.1. The summed E-state index contributed by atoms with van der Waals surface area (Å²) in [5.41, 5.74) is 2.47. The monoisotopic (exact) mass is 497 g/mol. The van der Waals surface area contributed by atoms with Crippen molar-refractivity contribution in [3.63, 3.8) is 0 Å². The summed E-state index contributed by atoms with van der Waals surface area (Å²) in [4.78, 5) is 9.97. The van der Waals surface area contributed by atoms with E-state index >= 15 is 0 Å². The third kappa shape index (κ3) is 7.41. The van der Waals surface area contributed by atoms with Gasteiger partial charge in [-0.25, -0.2) is 0 Å². The first-order valence-corrected chi connectivity index (χ1v) is 12.1. The summed E-state index contributed by atoms with van der Waals surface area (Å²) in [5, 5.41) is 5.26. The molecule has 2 fully saturated rings. The van der Waals surface area contributed by atoms with E-state index in [1.807, 2.05) is 24.3 Å². The van der Waals surface area contributed by atoms with Gasteiger partial charge >= 0.3 is 0 Å². The van der Waals surface area contributed by atoms with Crippen LogP contribution < -0.4 is 15.1 Å². The quantitative estimate of drug-likeness (QED) is 0.556. The lowest BCUT2D eigenvalue weighted by Gasteiger charge is -2.37. The molecule has 0 bridgehead atoms. The van der Waals surface area contributed by atoms with E-state index < -0.39 is 0 Å². The van der Waals surface area contributed by atoms with Crippen LogP contribution in [0.15, 0.2) is 48.5 Å². The highest BCUT2D eigenvalue weighted by atomic mass is 35.5. The number of benzene rings is 2. The molecule has 2 aliphatic heterocycles. The second kappa shape index (κ2) is 12.9. The molecule has 0 aromatic heterocycles. The highest BCUT2D eigenvalue weighted by Crippen LogP contribution is 2.21. The molecule has 5 nitrogen and oxygen atoms in total. The molecule has 2 aromatic rings. The maximum Gasteiger partial charge on any atom is 0.0426 e. The van der Waals surface area contributed by atoms with E-state index in [2.05, 4.69) is 49.2 Å². The van der Waals surface area contributed by atoms with Gasteiger partial charge in [0.25, 0.3) is 0 Å². The maximum atomic E-state index is 6.13. The van der Waals surface area contributed by atoms with Crippen LogP contribution in [0.25, 0.3) is 0 Å². The molecule has 0 unspecified atom stereocenters. The Labute approximate surface area is 208 Å². The third-order valence-electron chi connectivity index (χ3n) is 6.30. The summed E-state index contributed by atoms with van der Waals surface area (Å²) < 4.78 is 0. The molecule has 0 atom stereocenters. The van der Waals surface area contributed by atoms with Gasteiger partial charge in [-0.2, -0.15) is 0 Å². The van der Waals surface area contributed by atoms with Crippen LogP contribution in [-0.2, 0) is 0 Å². The second-order valence-electron chi connectivity index (χ2n) is 8.37. The zero-order valence-corrected chi connectivity index (χ0v) is 20.9. The zero-order chi connectivity index (χ0) is 21.5. The highest BCUT2D eigenvalue weighted by molar-refractivity contribution is 6.31. The first kappa shape index (κ1) is 25.4. The van der Waals surface area contributed by atoms with Crippen molar-refractivity contribution in [1.29, 1.82) is 0 Å². The van der Waals surface area contributed by atoms with E-state index in [0.717, 1.165) is 88.6 Å². The molecule has 32 heavy (non-hydrogen) atoms. The van der Waals surface area contributed by atoms with Crippen LogP contribution in [0.2, 0.25) is 10.0 Å². The van der Waals surface area contributed by atoms with Crippen LogP contribution in [0.4, 0.5) is 11.4 Å². The Morgan fingerprint density at radius 2 is 1.03 bits per heavy atom. The molecule has 0 saturated carbocycles. The van der Waals surface area contributed by atoms with Crippen molar-refractivity contribution < 1.29 is 0 Å². The van der Waals surface area contributed by atoms with E-state index in [4.69, 9.17) is 23.2 Å². The average Bonchev–Trinajstić information content (AvgIpc) is 2.80. The van der Waals surface area contributed by atoms with Crippen molar-refractivity contribution in [2.75, 3.05) is 88.3 Å². The van der Waals surface area contributed by atoms with Gasteiger partial charge in [-0.05, 0) is 36.4 Å². The molecular formula is C24H34Cl3N5. The topological polar surface area (TPSA) is 25.0 Å². The molecule has 176 valence electrons. The fourth-order valence-electron chi connectivity index (χ4n) is 4.40. The van der Waals surface area contributed by atoms with Crippen molar-refractivity contribution >= 4 is 47.0 Å². The fraction of sp³-hybridized carbons (Fsp3) is 0.500. The molecule has 1 N–H and O–H groups in total. The Morgan fingerprint density at radius 1 is 0.625 bits per heavy atom. The van der Waals surface area contributed by atoms with Gasteiger partial charge < -0.3 is 15.1 Å². The zero-order valence-electron chi connectivity index (χ0n) is 18.6.